The van der Waals surface area contributed by atoms with Gasteiger partial charge >= 0.3 is 0 Å². The number of rotatable bonds is 7. The van der Waals surface area contributed by atoms with E-state index in [-0.39, 0.29) is 18.2 Å². The molecule has 122 valence electrons. The second-order valence-corrected chi connectivity index (χ2v) is 5.34. The van der Waals surface area contributed by atoms with Crippen LogP contribution in [0.25, 0.3) is 0 Å². The van der Waals surface area contributed by atoms with Crippen molar-refractivity contribution < 1.29 is 14.3 Å². The number of fused-ring (bicyclic) bond motifs is 1. The quantitative estimate of drug-likeness (QED) is 0.726. The van der Waals surface area contributed by atoms with Gasteiger partial charge in [0, 0.05) is 26.1 Å². The first kappa shape index (κ1) is 16.8. The van der Waals surface area contributed by atoms with Gasteiger partial charge in [-0.1, -0.05) is 24.3 Å². The van der Waals surface area contributed by atoms with Crippen LogP contribution in [0.5, 0.6) is 5.75 Å². The highest BCUT2D eigenvalue weighted by Gasteiger charge is 2.31. The third-order valence-corrected chi connectivity index (χ3v) is 3.67. The maximum atomic E-state index is 12.4. The largest absolute Gasteiger partial charge is 0.479 e. The lowest BCUT2D eigenvalue weighted by atomic mass is 10.1. The Bertz CT molecular complexity index is 602. The predicted octanol–water partition coefficient (Wildman–Crippen LogP) is 2.39. The van der Waals surface area contributed by atoms with Crippen LogP contribution in [0.1, 0.15) is 13.3 Å². The van der Waals surface area contributed by atoms with Gasteiger partial charge in [0.15, 0.2) is 6.10 Å². The van der Waals surface area contributed by atoms with Crippen molar-refractivity contribution in [1.82, 2.24) is 4.90 Å². The van der Waals surface area contributed by atoms with Crippen molar-refractivity contribution in [3.8, 4) is 5.75 Å². The zero-order valence-corrected chi connectivity index (χ0v) is 13.4. The van der Waals surface area contributed by atoms with Gasteiger partial charge in [-0.25, -0.2) is 0 Å². The molecule has 2 rings (SSSR count). The number of ether oxygens (including phenoxy) is 1. The summed E-state index contributed by atoms with van der Waals surface area (Å²) in [5, 5.41) is 0. The zero-order chi connectivity index (χ0) is 16.8. The summed E-state index contributed by atoms with van der Waals surface area (Å²) in [4.78, 5) is 28.0. The molecular weight excluding hydrogens is 292 g/mol. The Labute approximate surface area is 136 Å². The van der Waals surface area contributed by atoms with Crippen LogP contribution in [0.15, 0.2) is 49.6 Å². The molecule has 0 spiro atoms. The number of carbonyl (C=O) groups is 2. The molecule has 1 atom stereocenters. The van der Waals surface area contributed by atoms with Crippen LogP contribution >= 0.6 is 0 Å². The van der Waals surface area contributed by atoms with Crippen LogP contribution in [0.4, 0.5) is 5.69 Å². The number of hydrogen-bond acceptors (Lipinski definition) is 3. The van der Waals surface area contributed by atoms with Crippen LogP contribution in [-0.4, -0.2) is 42.5 Å². The van der Waals surface area contributed by atoms with Gasteiger partial charge in [0.25, 0.3) is 5.91 Å². The number of hydrogen-bond donors (Lipinski definition) is 0. The smallest absolute Gasteiger partial charge is 0.267 e. The van der Waals surface area contributed by atoms with E-state index in [2.05, 4.69) is 13.2 Å². The van der Waals surface area contributed by atoms with E-state index in [0.717, 1.165) is 0 Å². The van der Waals surface area contributed by atoms with Crippen LogP contribution in [0, 0.1) is 0 Å². The predicted molar refractivity (Wildman–Crippen MR) is 90.5 cm³/mol. The minimum Gasteiger partial charge on any atom is -0.479 e. The fourth-order valence-electron chi connectivity index (χ4n) is 2.54. The molecule has 1 aliphatic rings. The lowest BCUT2D eigenvalue weighted by Gasteiger charge is -2.33. The molecule has 0 saturated heterocycles. The molecule has 2 amide bonds. The number of para-hydroxylation sites is 2. The average molecular weight is 314 g/mol. The van der Waals surface area contributed by atoms with Crippen molar-refractivity contribution in [2.45, 2.75) is 19.4 Å². The van der Waals surface area contributed by atoms with E-state index in [9.17, 15) is 9.59 Å². The van der Waals surface area contributed by atoms with E-state index in [0.29, 0.717) is 31.1 Å². The summed E-state index contributed by atoms with van der Waals surface area (Å²) in [5.41, 5.74) is 0.711. The second-order valence-electron chi connectivity index (χ2n) is 5.34. The molecule has 5 heteroatoms. The molecule has 0 aliphatic carbocycles. The number of amides is 2. The molecule has 0 bridgehead atoms. The summed E-state index contributed by atoms with van der Waals surface area (Å²) in [6, 6.07) is 7.37. The molecule has 0 N–H and O–H groups in total. The van der Waals surface area contributed by atoms with Crippen LogP contribution in [-0.2, 0) is 9.59 Å². The maximum Gasteiger partial charge on any atom is 0.267 e. The van der Waals surface area contributed by atoms with Crippen molar-refractivity contribution >= 4 is 17.5 Å². The summed E-state index contributed by atoms with van der Waals surface area (Å²) in [6.07, 6.45) is 3.06. The molecule has 1 unspecified atom stereocenters. The number of nitrogens with zero attached hydrogens (tertiary/aromatic N) is 2. The van der Waals surface area contributed by atoms with Gasteiger partial charge in [0.2, 0.25) is 5.91 Å². The van der Waals surface area contributed by atoms with Crippen LogP contribution in [0.3, 0.4) is 0 Å². The van der Waals surface area contributed by atoms with Crippen molar-refractivity contribution in [3.63, 3.8) is 0 Å². The first-order valence-electron chi connectivity index (χ1n) is 7.65. The van der Waals surface area contributed by atoms with Crippen molar-refractivity contribution in [2.75, 3.05) is 24.5 Å². The third-order valence-electron chi connectivity index (χ3n) is 3.67. The topological polar surface area (TPSA) is 49.9 Å². The fourth-order valence-corrected chi connectivity index (χ4v) is 2.54. The third kappa shape index (κ3) is 3.80. The molecule has 23 heavy (non-hydrogen) atoms. The fraction of sp³-hybridized carbons (Fsp3) is 0.333. The number of carbonyl (C=O) groups excluding carboxylic acids is 2. The summed E-state index contributed by atoms with van der Waals surface area (Å²) < 4.78 is 5.59. The first-order valence-corrected chi connectivity index (χ1v) is 7.65. The SMILES string of the molecule is C=CCN(CC=C)C(=O)CCN1C(=O)C(C)Oc2ccccc21. The van der Waals surface area contributed by atoms with E-state index in [1.54, 1.807) is 28.9 Å². The van der Waals surface area contributed by atoms with Gasteiger partial charge in [-0.2, -0.15) is 0 Å². The molecule has 0 radical (unpaired) electrons. The molecule has 0 fully saturated rings. The molecule has 1 aliphatic heterocycles. The second kappa shape index (κ2) is 7.63. The minimum atomic E-state index is -0.544. The Morgan fingerprint density at radius 1 is 1.30 bits per heavy atom. The van der Waals surface area contributed by atoms with Gasteiger partial charge in [-0.05, 0) is 19.1 Å². The monoisotopic (exact) mass is 314 g/mol. The Balaban J connectivity index is 2.09. The van der Waals surface area contributed by atoms with E-state index >= 15 is 0 Å². The lowest BCUT2D eigenvalue weighted by Crippen LogP contribution is -2.46. The highest BCUT2D eigenvalue weighted by molar-refractivity contribution is 6.00. The Morgan fingerprint density at radius 2 is 1.96 bits per heavy atom. The summed E-state index contributed by atoms with van der Waals surface area (Å²) >= 11 is 0. The highest BCUT2D eigenvalue weighted by atomic mass is 16.5. The van der Waals surface area contributed by atoms with Crippen molar-refractivity contribution in [3.05, 3.63) is 49.6 Å². The Kier molecular flexibility index (Phi) is 5.57. The van der Waals surface area contributed by atoms with Crippen LogP contribution < -0.4 is 9.64 Å². The van der Waals surface area contributed by atoms with Crippen LogP contribution in [0.2, 0.25) is 0 Å². The number of benzene rings is 1. The van der Waals surface area contributed by atoms with Crippen molar-refractivity contribution in [1.29, 1.82) is 0 Å². The molecule has 5 nitrogen and oxygen atoms in total. The Morgan fingerprint density at radius 3 is 2.61 bits per heavy atom. The van der Waals surface area contributed by atoms with E-state index < -0.39 is 6.10 Å². The van der Waals surface area contributed by atoms with Crippen molar-refractivity contribution in [2.24, 2.45) is 0 Å². The standard InChI is InChI=1S/C18H22N2O3/c1-4-11-19(12-5-2)17(21)10-13-20-15-8-6-7-9-16(15)23-14(3)18(20)22/h4-9,14H,1-2,10-13H2,3H3. The molecule has 1 aromatic carbocycles. The summed E-state index contributed by atoms with van der Waals surface area (Å²) in [7, 11) is 0. The summed E-state index contributed by atoms with van der Waals surface area (Å²) in [6.45, 7) is 10.3. The van der Waals surface area contributed by atoms with E-state index in [4.69, 9.17) is 4.74 Å². The highest BCUT2D eigenvalue weighted by Crippen LogP contribution is 2.33. The molecule has 1 aromatic rings. The minimum absolute atomic E-state index is 0.0331. The average Bonchev–Trinajstić information content (AvgIpc) is 2.55. The van der Waals surface area contributed by atoms with Gasteiger partial charge in [-0.3, -0.25) is 9.59 Å². The lowest BCUT2D eigenvalue weighted by molar-refractivity contribution is -0.130. The molecule has 0 saturated carbocycles. The van der Waals surface area contributed by atoms with Gasteiger partial charge < -0.3 is 14.5 Å². The molecular formula is C18H22N2O3. The Hall–Kier alpha value is -2.56. The first-order chi connectivity index (χ1) is 11.1. The zero-order valence-electron chi connectivity index (χ0n) is 13.4. The van der Waals surface area contributed by atoms with E-state index in [1.165, 1.54) is 0 Å². The van der Waals surface area contributed by atoms with Gasteiger partial charge in [0.05, 0.1) is 5.69 Å². The normalized spacial score (nSPS) is 16.3. The summed E-state index contributed by atoms with van der Waals surface area (Å²) in [5.74, 6) is 0.505. The molecule has 1 heterocycles. The van der Waals surface area contributed by atoms with Gasteiger partial charge in [0.1, 0.15) is 5.75 Å². The van der Waals surface area contributed by atoms with Gasteiger partial charge in [-0.15, -0.1) is 13.2 Å². The maximum absolute atomic E-state index is 12.4. The number of anilines is 1. The molecule has 0 aromatic heterocycles. The van der Waals surface area contributed by atoms with E-state index in [1.807, 2.05) is 24.3 Å².